The van der Waals surface area contributed by atoms with Gasteiger partial charge in [-0.2, -0.15) is 0 Å². The summed E-state index contributed by atoms with van der Waals surface area (Å²) < 4.78 is 25.4. The van der Waals surface area contributed by atoms with Crippen LogP contribution >= 0.6 is 0 Å². The number of carbonyl (C=O) groups is 7. The van der Waals surface area contributed by atoms with Crippen molar-refractivity contribution >= 4 is 41.8 Å². The second-order valence-electron chi connectivity index (χ2n) is 17.7. The van der Waals surface area contributed by atoms with Gasteiger partial charge in [0.05, 0.1) is 42.1 Å². The first-order valence-corrected chi connectivity index (χ1v) is 19.6. The number of cyclic esters (lactones) is 2. The van der Waals surface area contributed by atoms with Gasteiger partial charge in [-0.1, -0.05) is 18.7 Å². The monoisotopic (exact) mass is 750 g/mol. The summed E-state index contributed by atoms with van der Waals surface area (Å²) in [5, 5.41) is 18.1. The highest BCUT2D eigenvalue weighted by Gasteiger charge is 2.65. The number of fused-ring (bicyclic) bond motifs is 8. The van der Waals surface area contributed by atoms with Crippen LogP contribution in [0.1, 0.15) is 51.9 Å². The average molecular weight is 751 g/mol. The van der Waals surface area contributed by atoms with Crippen LogP contribution in [0.15, 0.2) is 24.3 Å². The largest absolute Gasteiger partial charge is 0.481 e. The Morgan fingerprint density at radius 1 is 0.667 bits per heavy atom. The first kappa shape index (κ1) is 35.6. The van der Waals surface area contributed by atoms with E-state index in [1.165, 1.54) is 0 Å². The Hall–Kier alpha value is -4.07. The van der Waals surface area contributed by atoms with Crippen LogP contribution in [0.3, 0.4) is 0 Å². The molecule has 0 radical (unpaired) electrons. The number of esters is 6. The molecule has 19 atom stereocenters. The Bertz CT molecular complexity index is 1700. The molecule has 0 aromatic rings. The molecule has 54 heavy (non-hydrogen) atoms. The SMILES string of the molecule is C=C(C)C(=O)OCC1C2CC3OC(=O)C1C3C2.O=C(O)C1C2CC3OC(=O)C1C3C2.O=C1OC(=O)C2C3C=CC(C3)C12.O=C1OC2CC3CC2C1C3CO. The topological polar surface area (TPSA) is 206 Å². The maximum absolute atomic E-state index is 11.7. The summed E-state index contributed by atoms with van der Waals surface area (Å²) in [5.74, 6) is -0.109. The normalized spacial score (nSPS) is 48.3. The molecule has 19 unspecified atom stereocenters. The van der Waals surface area contributed by atoms with Gasteiger partial charge in [-0.15, -0.1) is 0 Å². The number of carboxylic acid groups (broad SMARTS) is 1. The number of aliphatic carboxylic acids is 1. The Kier molecular flexibility index (Phi) is 8.59. The molecule has 12 rings (SSSR count). The third-order valence-electron chi connectivity index (χ3n) is 15.2. The Labute approximate surface area is 311 Å². The molecule has 4 saturated heterocycles. The number of hydrogen-bond acceptors (Lipinski definition) is 13. The highest BCUT2D eigenvalue weighted by atomic mass is 16.6. The van der Waals surface area contributed by atoms with Crippen LogP contribution in [0.2, 0.25) is 0 Å². The predicted octanol–water partition coefficient (Wildman–Crippen LogP) is 2.26. The lowest BCUT2D eigenvalue weighted by atomic mass is 9.80. The number of hydrogen-bond donors (Lipinski definition) is 2. The van der Waals surface area contributed by atoms with Crippen LogP contribution in [-0.2, 0) is 57.2 Å². The molecule has 11 fully saturated rings. The predicted molar refractivity (Wildman–Crippen MR) is 179 cm³/mol. The van der Waals surface area contributed by atoms with Gasteiger partial charge in [0.25, 0.3) is 0 Å². The van der Waals surface area contributed by atoms with E-state index in [0.717, 1.165) is 44.9 Å². The van der Waals surface area contributed by atoms with E-state index in [0.29, 0.717) is 35.9 Å². The van der Waals surface area contributed by atoms with Crippen LogP contribution in [0.25, 0.3) is 0 Å². The molecule has 290 valence electrons. The Morgan fingerprint density at radius 2 is 1.13 bits per heavy atom. The van der Waals surface area contributed by atoms with E-state index in [1.54, 1.807) is 6.92 Å². The second kappa shape index (κ2) is 13.0. The van der Waals surface area contributed by atoms with E-state index in [-0.39, 0.29) is 126 Å². The maximum Gasteiger partial charge on any atom is 0.333 e. The molecule has 4 heterocycles. The van der Waals surface area contributed by atoms with E-state index < -0.39 is 11.9 Å². The van der Waals surface area contributed by atoms with Crippen molar-refractivity contribution in [3.05, 3.63) is 24.3 Å². The second-order valence-corrected chi connectivity index (χ2v) is 17.7. The summed E-state index contributed by atoms with van der Waals surface area (Å²) in [4.78, 5) is 79.0. The highest BCUT2D eigenvalue weighted by molar-refractivity contribution is 5.98. The molecule has 14 nitrogen and oxygen atoms in total. The molecular formula is C40H46O14. The third kappa shape index (κ3) is 5.39. The summed E-state index contributed by atoms with van der Waals surface area (Å²) in [7, 11) is 0. The molecule has 7 saturated carbocycles. The molecule has 8 aliphatic carbocycles. The van der Waals surface area contributed by atoms with Crippen molar-refractivity contribution in [3.8, 4) is 0 Å². The van der Waals surface area contributed by atoms with Crippen LogP contribution in [0.4, 0.5) is 0 Å². The molecule has 0 amide bonds. The van der Waals surface area contributed by atoms with Crippen LogP contribution in [0.5, 0.6) is 0 Å². The fourth-order valence-corrected chi connectivity index (χ4v) is 13.1. The van der Waals surface area contributed by atoms with Crippen molar-refractivity contribution in [2.24, 2.45) is 94.7 Å². The first-order valence-electron chi connectivity index (χ1n) is 19.6. The number of ether oxygens (including phenoxy) is 5. The fraction of sp³-hybridized carbons (Fsp3) is 0.725. The van der Waals surface area contributed by atoms with Crippen molar-refractivity contribution in [3.63, 3.8) is 0 Å². The molecule has 8 bridgehead atoms. The number of rotatable bonds is 5. The molecule has 0 aromatic heterocycles. The van der Waals surface area contributed by atoms with Gasteiger partial charge in [-0.05, 0) is 87.4 Å². The zero-order chi connectivity index (χ0) is 37.9. The van der Waals surface area contributed by atoms with Gasteiger partial charge in [-0.25, -0.2) is 4.79 Å². The van der Waals surface area contributed by atoms with Crippen LogP contribution in [-0.4, -0.2) is 83.5 Å². The quantitative estimate of drug-likeness (QED) is 0.136. The van der Waals surface area contributed by atoms with E-state index in [4.69, 9.17) is 29.2 Å². The van der Waals surface area contributed by atoms with Gasteiger partial charge in [-0.3, -0.25) is 28.8 Å². The molecule has 14 heteroatoms. The third-order valence-corrected chi connectivity index (χ3v) is 15.2. The number of carbonyl (C=O) groups excluding carboxylic acids is 6. The van der Waals surface area contributed by atoms with Crippen molar-refractivity contribution in [1.29, 1.82) is 0 Å². The number of allylic oxidation sites excluding steroid dienone is 2. The van der Waals surface area contributed by atoms with E-state index in [9.17, 15) is 33.6 Å². The van der Waals surface area contributed by atoms with Crippen LogP contribution in [0, 0.1) is 94.7 Å². The zero-order valence-electron chi connectivity index (χ0n) is 30.0. The van der Waals surface area contributed by atoms with Crippen molar-refractivity contribution in [1.82, 2.24) is 0 Å². The summed E-state index contributed by atoms with van der Waals surface area (Å²) in [5.41, 5.74) is 0.403. The molecular weight excluding hydrogens is 704 g/mol. The summed E-state index contributed by atoms with van der Waals surface area (Å²) in [6, 6.07) is 0. The summed E-state index contributed by atoms with van der Waals surface area (Å²) in [6.45, 7) is 5.67. The van der Waals surface area contributed by atoms with E-state index in [1.807, 2.05) is 12.2 Å². The summed E-state index contributed by atoms with van der Waals surface area (Å²) >= 11 is 0. The lowest BCUT2D eigenvalue weighted by Gasteiger charge is -2.23. The maximum atomic E-state index is 11.7. The van der Waals surface area contributed by atoms with Gasteiger partial charge in [0.15, 0.2) is 0 Å². The molecule has 4 aliphatic heterocycles. The van der Waals surface area contributed by atoms with Gasteiger partial charge in [0.1, 0.15) is 18.3 Å². The lowest BCUT2D eigenvalue weighted by molar-refractivity contribution is -0.155. The van der Waals surface area contributed by atoms with Crippen molar-refractivity contribution < 1.29 is 67.5 Å². The molecule has 2 N–H and O–H groups in total. The molecule has 0 spiro atoms. The van der Waals surface area contributed by atoms with E-state index in [2.05, 4.69) is 11.3 Å². The Balaban J connectivity index is 0.0000000959. The Morgan fingerprint density at radius 3 is 1.65 bits per heavy atom. The van der Waals surface area contributed by atoms with Gasteiger partial charge < -0.3 is 33.9 Å². The smallest absolute Gasteiger partial charge is 0.333 e. The van der Waals surface area contributed by atoms with Gasteiger partial charge >= 0.3 is 41.8 Å². The summed E-state index contributed by atoms with van der Waals surface area (Å²) in [6.07, 6.45) is 11.2. The van der Waals surface area contributed by atoms with Crippen molar-refractivity contribution in [2.45, 2.75) is 70.2 Å². The van der Waals surface area contributed by atoms with Crippen molar-refractivity contribution in [2.75, 3.05) is 13.2 Å². The number of aliphatic hydroxyl groups excluding tert-OH is 1. The van der Waals surface area contributed by atoms with E-state index >= 15 is 0 Å². The average Bonchev–Trinajstić information content (AvgIpc) is 3.95. The zero-order valence-corrected chi connectivity index (χ0v) is 30.0. The number of carboxylic acids is 1. The fourth-order valence-electron chi connectivity index (χ4n) is 13.1. The first-order chi connectivity index (χ1) is 25.8. The minimum atomic E-state index is -0.824. The van der Waals surface area contributed by atoms with Gasteiger partial charge in [0.2, 0.25) is 0 Å². The minimum Gasteiger partial charge on any atom is -0.481 e. The molecule has 0 aromatic carbocycles. The van der Waals surface area contributed by atoms with Crippen LogP contribution < -0.4 is 0 Å². The van der Waals surface area contributed by atoms with Gasteiger partial charge in [0, 0.05) is 35.9 Å². The highest BCUT2D eigenvalue weighted by Crippen LogP contribution is 2.59. The standard InChI is InChI=1S/C13H16O4.C9H10O4.C9H12O3.C9H8O3/c1-6(2)12(14)16-5-9-7-3-8-10(4-7)17-13(15)11(8)9;10-8(11)6-3-1-4-5(2-3)13-9(12)7(4)6;10-3-6-4-1-5-7(2-4)12-9(11)8(5)6;10-8-6-4-1-2-5(3-4)7(6)9(11)12-8/h7-11H,1,3-5H2,2H3;3-7H,1-2H2,(H,10,11);4-8,10H,1-3H2;1-2,4-7H,3H2. The lowest BCUT2D eigenvalue weighted by Crippen LogP contribution is -2.31. The molecule has 12 aliphatic rings. The number of aliphatic hydroxyl groups is 1. The minimum absolute atomic E-state index is 0.0309.